The van der Waals surface area contributed by atoms with Crippen molar-refractivity contribution in [3.8, 4) is 11.5 Å². The summed E-state index contributed by atoms with van der Waals surface area (Å²) in [5.41, 5.74) is 4.39. The number of carbonyl (C=O) groups excluding carboxylic acids is 1. The van der Waals surface area contributed by atoms with Crippen LogP contribution in [-0.2, 0) is 16.1 Å². The van der Waals surface area contributed by atoms with Crippen molar-refractivity contribution in [2.24, 2.45) is 4.99 Å². The lowest BCUT2D eigenvalue weighted by Crippen LogP contribution is -2.39. The molecule has 1 aliphatic rings. The molecule has 0 saturated heterocycles. The summed E-state index contributed by atoms with van der Waals surface area (Å²) < 4.78 is 20.1. The Morgan fingerprint density at radius 1 is 1.14 bits per heavy atom. The van der Waals surface area contributed by atoms with E-state index in [1.165, 1.54) is 16.9 Å². The van der Waals surface area contributed by atoms with Crippen molar-refractivity contribution in [1.29, 1.82) is 0 Å². The third kappa shape index (κ3) is 6.64. The highest BCUT2D eigenvalue weighted by Gasteiger charge is 2.33. The SMILES string of the molecule is CCOC(=O)C1=C(C)N=c2sc(=Cc3cc(I)c(OCc4ccc(Cl)cc4)c(OC)c3)c(=O)n2C1c1ccc(C(C)C)cc1. The number of rotatable bonds is 9. The molecule has 1 unspecified atom stereocenters. The number of esters is 1. The van der Waals surface area contributed by atoms with E-state index in [0.29, 0.717) is 49.7 Å². The van der Waals surface area contributed by atoms with Gasteiger partial charge >= 0.3 is 5.97 Å². The first-order valence-corrected chi connectivity index (χ1v) is 16.4. The second-order valence-electron chi connectivity index (χ2n) is 10.6. The van der Waals surface area contributed by atoms with E-state index in [-0.39, 0.29) is 12.2 Å². The average molecular weight is 743 g/mol. The topological polar surface area (TPSA) is 79.1 Å². The molecule has 1 atom stereocenters. The molecule has 2 heterocycles. The quantitative estimate of drug-likeness (QED) is 0.140. The molecule has 0 fully saturated rings. The first-order chi connectivity index (χ1) is 21.1. The summed E-state index contributed by atoms with van der Waals surface area (Å²) >= 11 is 9.50. The van der Waals surface area contributed by atoms with Crippen molar-refractivity contribution in [2.45, 2.75) is 46.3 Å². The predicted octanol–water partition coefficient (Wildman–Crippen LogP) is 6.77. The molecule has 228 valence electrons. The lowest BCUT2D eigenvalue weighted by molar-refractivity contribution is -0.139. The van der Waals surface area contributed by atoms with Crippen LogP contribution in [0.4, 0.5) is 0 Å². The molecule has 0 amide bonds. The van der Waals surface area contributed by atoms with Gasteiger partial charge in [0.05, 0.1) is 39.1 Å². The predicted molar refractivity (Wildman–Crippen MR) is 182 cm³/mol. The normalized spacial score (nSPS) is 14.8. The number of hydrogen-bond acceptors (Lipinski definition) is 7. The van der Waals surface area contributed by atoms with Crippen LogP contribution in [0.5, 0.6) is 11.5 Å². The molecule has 0 spiro atoms. The van der Waals surface area contributed by atoms with E-state index in [1.54, 1.807) is 25.5 Å². The summed E-state index contributed by atoms with van der Waals surface area (Å²) in [6.07, 6.45) is 1.82. The smallest absolute Gasteiger partial charge is 0.338 e. The third-order valence-electron chi connectivity index (χ3n) is 7.28. The Hall–Kier alpha value is -3.41. The number of allylic oxidation sites excluding steroid dienone is 1. The van der Waals surface area contributed by atoms with Crippen LogP contribution in [0.15, 0.2) is 81.7 Å². The summed E-state index contributed by atoms with van der Waals surface area (Å²) in [6, 6.07) is 18.6. The average Bonchev–Trinajstić information content (AvgIpc) is 3.30. The first kappa shape index (κ1) is 32.0. The zero-order valence-electron chi connectivity index (χ0n) is 25.0. The van der Waals surface area contributed by atoms with Crippen molar-refractivity contribution in [1.82, 2.24) is 4.57 Å². The maximum Gasteiger partial charge on any atom is 0.338 e. The highest BCUT2D eigenvalue weighted by Crippen LogP contribution is 2.35. The van der Waals surface area contributed by atoms with Crippen molar-refractivity contribution in [3.63, 3.8) is 0 Å². The molecule has 3 aromatic carbocycles. The third-order valence-corrected chi connectivity index (χ3v) is 9.32. The summed E-state index contributed by atoms with van der Waals surface area (Å²) in [4.78, 5) is 32.4. The molecule has 7 nitrogen and oxygen atoms in total. The van der Waals surface area contributed by atoms with E-state index in [9.17, 15) is 9.59 Å². The zero-order chi connectivity index (χ0) is 31.5. The molecule has 0 bridgehead atoms. The molecule has 10 heteroatoms. The molecule has 1 aromatic heterocycles. The summed E-state index contributed by atoms with van der Waals surface area (Å²) in [5.74, 6) is 1.03. The van der Waals surface area contributed by atoms with Crippen LogP contribution in [0.2, 0.25) is 5.02 Å². The Kier molecular flexibility index (Phi) is 9.97. The minimum absolute atomic E-state index is 0.221. The van der Waals surface area contributed by atoms with Gasteiger partial charge in [0.2, 0.25) is 0 Å². The van der Waals surface area contributed by atoms with Gasteiger partial charge in [-0.15, -0.1) is 0 Å². The summed E-state index contributed by atoms with van der Waals surface area (Å²) in [6.45, 7) is 8.37. The van der Waals surface area contributed by atoms with E-state index in [0.717, 1.165) is 20.3 Å². The lowest BCUT2D eigenvalue weighted by Gasteiger charge is -2.25. The van der Waals surface area contributed by atoms with E-state index in [4.69, 9.17) is 25.8 Å². The maximum atomic E-state index is 14.0. The van der Waals surface area contributed by atoms with Crippen molar-refractivity contribution < 1.29 is 19.0 Å². The number of thiazole rings is 1. The van der Waals surface area contributed by atoms with Gasteiger partial charge in [-0.1, -0.05) is 73.2 Å². The number of carbonyl (C=O) groups is 1. The van der Waals surface area contributed by atoms with Gasteiger partial charge in [0.25, 0.3) is 5.56 Å². The van der Waals surface area contributed by atoms with E-state index in [1.807, 2.05) is 66.7 Å². The molecule has 4 aromatic rings. The molecule has 44 heavy (non-hydrogen) atoms. The second-order valence-corrected chi connectivity index (χ2v) is 13.2. The first-order valence-electron chi connectivity index (χ1n) is 14.2. The number of nitrogens with zero attached hydrogens (tertiary/aromatic N) is 2. The van der Waals surface area contributed by atoms with Gasteiger partial charge in [-0.25, -0.2) is 9.79 Å². The molecule has 0 aliphatic carbocycles. The Morgan fingerprint density at radius 2 is 1.84 bits per heavy atom. The van der Waals surface area contributed by atoms with Crippen LogP contribution < -0.4 is 24.4 Å². The van der Waals surface area contributed by atoms with E-state index >= 15 is 0 Å². The Labute approximate surface area is 278 Å². The van der Waals surface area contributed by atoms with Crippen molar-refractivity contribution in [3.05, 3.63) is 122 Å². The van der Waals surface area contributed by atoms with Crippen LogP contribution in [-0.4, -0.2) is 24.3 Å². The number of methoxy groups -OCH3 is 1. The molecule has 5 rings (SSSR count). The fourth-order valence-electron chi connectivity index (χ4n) is 5.02. The number of benzene rings is 3. The lowest BCUT2D eigenvalue weighted by atomic mass is 9.93. The summed E-state index contributed by atoms with van der Waals surface area (Å²) in [5, 5.41) is 0.665. The Bertz CT molecular complexity index is 1910. The van der Waals surface area contributed by atoms with Crippen LogP contribution in [0, 0.1) is 3.57 Å². The van der Waals surface area contributed by atoms with Gasteiger partial charge < -0.3 is 14.2 Å². The molecular weight excluding hydrogens is 711 g/mol. The number of hydrogen-bond donors (Lipinski definition) is 0. The van der Waals surface area contributed by atoms with Gasteiger partial charge in [-0.05, 0) is 95.0 Å². The van der Waals surface area contributed by atoms with Gasteiger partial charge in [0.15, 0.2) is 16.3 Å². The van der Waals surface area contributed by atoms with Gasteiger partial charge in [0.1, 0.15) is 6.61 Å². The number of fused-ring (bicyclic) bond motifs is 1. The van der Waals surface area contributed by atoms with Gasteiger partial charge in [-0.3, -0.25) is 9.36 Å². The highest BCUT2D eigenvalue weighted by molar-refractivity contribution is 14.1. The van der Waals surface area contributed by atoms with Gasteiger partial charge in [0, 0.05) is 5.02 Å². The second kappa shape index (κ2) is 13.7. The fourth-order valence-corrected chi connectivity index (χ4v) is 6.97. The highest BCUT2D eigenvalue weighted by atomic mass is 127. The largest absolute Gasteiger partial charge is 0.493 e. The molecule has 0 saturated carbocycles. The molecule has 0 radical (unpaired) electrons. The Balaban J connectivity index is 1.57. The van der Waals surface area contributed by atoms with E-state index in [2.05, 4.69) is 41.4 Å². The standard InChI is InChI=1S/C34H32ClIN2O5S/c1-6-42-33(40)29-20(4)37-34-38(30(29)24-11-9-23(10-12-24)19(2)3)32(39)28(44-34)17-22-15-26(36)31(27(16-22)41-5)43-18-21-7-13-25(35)14-8-21/h7-17,19,30H,6,18H2,1-5H3. The molecule has 0 N–H and O–H groups in total. The van der Waals surface area contributed by atoms with Crippen LogP contribution in [0.25, 0.3) is 6.08 Å². The van der Waals surface area contributed by atoms with Crippen molar-refractivity contribution in [2.75, 3.05) is 13.7 Å². The monoisotopic (exact) mass is 742 g/mol. The number of aromatic nitrogens is 1. The minimum atomic E-state index is -0.660. The van der Waals surface area contributed by atoms with Crippen LogP contribution >= 0.6 is 45.5 Å². The number of ether oxygens (including phenoxy) is 3. The number of halogens is 2. The zero-order valence-corrected chi connectivity index (χ0v) is 28.7. The Morgan fingerprint density at radius 3 is 2.48 bits per heavy atom. The maximum absolute atomic E-state index is 14.0. The van der Waals surface area contributed by atoms with Gasteiger partial charge in [-0.2, -0.15) is 0 Å². The van der Waals surface area contributed by atoms with E-state index < -0.39 is 12.0 Å². The van der Waals surface area contributed by atoms with Crippen molar-refractivity contribution >= 4 is 57.6 Å². The molecular formula is C34H32ClIN2O5S. The van der Waals surface area contributed by atoms with Crippen LogP contribution in [0.1, 0.15) is 61.9 Å². The minimum Gasteiger partial charge on any atom is -0.493 e. The molecule has 1 aliphatic heterocycles. The fraction of sp³-hybridized carbons (Fsp3) is 0.265. The summed E-state index contributed by atoms with van der Waals surface area (Å²) in [7, 11) is 1.59. The van der Waals surface area contributed by atoms with Crippen LogP contribution in [0.3, 0.4) is 0 Å².